The Morgan fingerprint density at radius 2 is 2.00 bits per heavy atom. The van der Waals surface area contributed by atoms with E-state index in [0.717, 1.165) is 5.56 Å². The summed E-state index contributed by atoms with van der Waals surface area (Å²) in [7, 11) is 0. The van der Waals surface area contributed by atoms with Crippen LogP contribution in [-0.2, 0) is 6.54 Å². The number of unbranched alkanes of at least 4 members (excludes halogenated alkanes) is 2. The minimum absolute atomic E-state index is 0.235. The Hall–Kier alpha value is -1.42. The first-order valence-electron chi connectivity index (χ1n) is 7.05. The van der Waals surface area contributed by atoms with Crippen molar-refractivity contribution in [3.8, 4) is 17.2 Å². The van der Waals surface area contributed by atoms with Crippen molar-refractivity contribution in [1.29, 1.82) is 0 Å². The SMILES string of the molecule is CCCCCC(C)NCc1cc2c(cc1O)OCO2. The summed E-state index contributed by atoms with van der Waals surface area (Å²) in [6, 6.07) is 3.93. The first-order valence-corrected chi connectivity index (χ1v) is 7.05. The van der Waals surface area contributed by atoms with Gasteiger partial charge in [-0.3, -0.25) is 0 Å². The molecule has 0 radical (unpaired) electrons. The zero-order chi connectivity index (χ0) is 13.7. The normalized spacial score (nSPS) is 14.6. The molecule has 1 aliphatic rings. The number of hydrogen-bond donors (Lipinski definition) is 2. The van der Waals surface area contributed by atoms with Crippen LogP contribution in [0.5, 0.6) is 17.2 Å². The first kappa shape index (κ1) is 14.0. The highest BCUT2D eigenvalue weighted by Gasteiger charge is 2.17. The van der Waals surface area contributed by atoms with Crippen LogP contribution in [0.1, 0.15) is 45.1 Å². The van der Waals surface area contributed by atoms with Crippen LogP contribution in [0.3, 0.4) is 0 Å². The van der Waals surface area contributed by atoms with Gasteiger partial charge in [0.25, 0.3) is 0 Å². The predicted octanol–water partition coefficient (Wildman–Crippen LogP) is 3.18. The summed E-state index contributed by atoms with van der Waals surface area (Å²) in [4.78, 5) is 0. The number of aromatic hydroxyl groups is 1. The third kappa shape index (κ3) is 3.77. The van der Waals surface area contributed by atoms with Crippen LogP contribution in [0.15, 0.2) is 12.1 Å². The summed E-state index contributed by atoms with van der Waals surface area (Å²) >= 11 is 0. The van der Waals surface area contributed by atoms with Crippen molar-refractivity contribution in [2.24, 2.45) is 0 Å². The molecule has 0 spiro atoms. The minimum Gasteiger partial charge on any atom is -0.507 e. The maximum absolute atomic E-state index is 9.93. The Bertz CT molecular complexity index is 420. The lowest BCUT2D eigenvalue weighted by Gasteiger charge is -2.14. The molecular weight excluding hydrogens is 242 g/mol. The van der Waals surface area contributed by atoms with Crippen molar-refractivity contribution in [3.05, 3.63) is 17.7 Å². The highest BCUT2D eigenvalue weighted by atomic mass is 16.7. The number of phenolic OH excluding ortho intramolecular Hbond substituents is 1. The number of phenols is 1. The second-order valence-electron chi connectivity index (χ2n) is 5.11. The number of hydrogen-bond acceptors (Lipinski definition) is 4. The number of rotatable bonds is 7. The van der Waals surface area contributed by atoms with Gasteiger partial charge in [-0.25, -0.2) is 0 Å². The zero-order valence-electron chi connectivity index (χ0n) is 11.7. The van der Waals surface area contributed by atoms with Gasteiger partial charge in [-0.2, -0.15) is 0 Å². The average molecular weight is 265 g/mol. The number of benzene rings is 1. The molecule has 1 aromatic carbocycles. The molecule has 0 amide bonds. The van der Waals surface area contributed by atoms with E-state index in [1.165, 1.54) is 25.7 Å². The van der Waals surface area contributed by atoms with E-state index in [9.17, 15) is 5.11 Å². The number of fused-ring (bicyclic) bond motifs is 1. The van der Waals surface area contributed by atoms with Gasteiger partial charge in [-0.1, -0.05) is 26.2 Å². The molecule has 0 fully saturated rings. The second-order valence-corrected chi connectivity index (χ2v) is 5.11. The molecule has 0 bridgehead atoms. The first-order chi connectivity index (χ1) is 9.20. The molecule has 0 saturated carbocycles. The van der Waals surface area contributed by atoms with Crippen molar-refractivity contribution in [1.82, 2.24) is 5.32 Å². The molecule has 1 aliphatic heterocycles. The summed E-state index contributed by atoms with van der Waals surface area (Å²) < 4.78 is 10.5. The smallest absolute Gasteiger partial charge is 0.231 e. The maximum atomic E-state index is 9.93. The topological polar surface area (TPSA) is 50.7 Å². The standard InChI is InChI=1S/C15H23NO3/c1-3-4-5-6-11(2)16-9-12-7-14-15(8-13(12)17)19-10-18-14/h7-8,11,16-17H,3-6,9-10H2,1-2H3. The third-order valence-electron chi connectivity index (χ3n) is 3.46. The summed E-state index contributed by atoms with van der Waals surface area (Å²) in [5.41, 5.74) is 0.853. The molecule has 4 heteroatoms. The van der Waals surface area contributed by atoms with E-state index in [-0.39, 0.29) is 12.5 Å². The molecule has 1 atom stereocenters. The van der Waals surface area contributed by atoms with Crippen molar-refractivity contribution < 1.29 is 14.6 Å². The van der Waals surface area contributed by atoms with Crippen molar-refractivity contribution >= 4 is 0 Å². The monoisotopic (exact) mass is 265 g/mol. The van der Waals surface area contributed by atoms with Crippen LogP contribution < -0.4 is 14.8 Å². The van der Waals surface area contributed by atoms with Crippen LogP contribution in [0, 0.1) is 0 Å². The molecule has 106 valence electrons. The lowest BCUT2D eigenvalue weighted by molar-refractivity contribution is 0.174. The molecular formula is C15H23NO3. The number of ether oxygens (including phenoxy) is 2. The quantitative estimate of drug-likeness (QED) is 0.743. The van der Waals surface area contributed by atoms with E-state index < -0.39 is 0 Å². The van der Waals surface area contributed by atoms with E-state index in [1.807, 2.05) is 6.07 Å². The Kier molecular flexibility index (Phi) is 4.91. The van der Waals surface area contributed by atoms with Gasteiger partial charge in [0.1, 0.15) is 5.75 Å². The van der Waals surface area contributed by atoms with Gasteiger partial charge >= 0.3 is 0 Å². The van der Waals surface area contributed by atoms with E-state index in [1.54, 1.807) is 6.07 Å². The zero-order valence-corrected chi connectivity index (χ0v) is 11.7. The molecule has 1 heterocycles. The van der Waals surface area contributed by atoms with Crippen molar-refractivity contribution in [2.45, 2.75) is 52.1 Å². The fraction of sp³-hybridized carbons (Fsp3) is 0.600. The van der Waals surface area contributed by atoms with Crippen LogP contribution in [0.2, 0.25) is 0 Å². The summed E-state index contributed by atoms with van der Waals surface area (Å²) in [5, 5.41) is 13.4. The third-order valence-corrected chi connectivity index (χ3v) is 3.46. The lowest BCUT2D eigenvalue weighted by Crippen LogP contribution is -2.25. The predicted molar refractivity (Wildman–Crippen MR) is 74.7 cm³/mol. The van der Waals surface area contributed by atoms with Gasteiger partial charge in [0.2, 0.25) is 6.79 Å². The Labute approximate surface area is 114 Å². The molecule has 0 saturated heterocycles. The van der Waals surface area contributed by atoms with E-state index in [0.29, 0.717) is 24.1 Å². The van der Waals surface area contributed by atoms with Gasteiger partial charge < -0.3 is 19.9 Å². The Morgan fingerprint density at radius 3 is 2.74 bits per heavy atom. The van der Waals surface area contributed by atoms with E-state index >= 15 is 0 Å². The molecule has 2 rings (SSSR count). The molecule has 1 unspecified atom stereocenters. The molecule has 0 aromatic heterocycles. The molecule has 4 nitrogen and oxygen atoms in total. The van der Waals surface area contributed by atoms with Crippen molar-refractivity contribution in [2.75, 3.05) is 6.79 Å². The molecule has 1 aromatic rings. The minimum atomic E-state index is 0.235. The summed E-state index contributed by atoms with van der Waals surface area (Å²) in [5.74, 6) is 1.60. The van der Waals surface area contributed by atoms with E-state index in [2.05, 4.69) is 19.2 Å². The van der Waals surface area contributed by atoms with Gasteiger partial charge in [0.15, 0.2) is 11.5 Å². The summed E-state index contributed by atoms with van der Waals surface area (Å²) in [6.45, 7) is 5.28. The lowest BCUT2D eigenvalue weighted by atomic mass is 10.1. The highest BCUT2D eigenvalue weighted by Crippen LogP contribution is 2.37. The molecule has 0 aliphatic carbocycles. The van der Waals surface area contributed by atoms with Crippen molar-refractivity contribution in [3.63, 3.8) is 0 Å². The van der Waals surface area contributed by atoms with Gasteiger partial charge in [-0.15, -0.1) is 0 Å². The van der Waals surface area contributed by atoms with Gasteiger partial charge in [0, 0.05) is 24.2 Å². The summed E-state index contributed by atoms with van der Waals surface area (Å²) in [6.07, 6.45) is 4.94. The largest absolute Gasteiger partial charge is 0.507 e. The molecule has 19 heavy (non-hydrogen) atoms. The fourth-order valence-corrected chi connectivity index (χ4v) is 2.20. The van der Waals surface area contributed by atoms with Gasteiger partial charge in [0.05, 0.1) is 0 Å². The fourth-order valence-electron chi connectivity index (χ4n) is 2.20. The average Bonchev–Trinajstić information content (AvgIpc) is 2.83. The maximum Gasteiger partial charge on any atom is 0.231 e. The molecule has 2 N–H and O–H groups in total. The van der Waals surface area contributed by atoms with Crippen LogP contribution in [-0.4, -0.2) is 17.9 Å². The van der Waals surface area contributed by atoms with E-state index in [4.69, 9.17) is 9.47 Å². The van der Waals surface area contributed by atoms with Crippen LogP contribution in [0.25, 0.3) is 0 Å². The number of nitrogens with one attached hydrogen (secondary N) is 1. The highest BCUT2D eigenvalue weighted by molar-refractivity contribution is 5.51. The Balaban J connectivity index is 1.86. The Morgan fingerprint density at radius 1 is 1.26 bits per heavy atom. The van der Waals surface area contributed by atoms with Gasteiger partial charge in [-0.05, 0) is 19.4 Å². The van der Waals surface area contributed by atoms with Crippen LogP contribution >= 0.6 is 0 Å². The van der Waals surface area contributed by atoms with Crippen LogP contribution in [0.4, 0.5) is 0 Å². The second kappa shape index (κ2) is 6.66.